The van der Waals surface area contributed by atoms with E-state index in [1.165, 1.54) is 44.3 Å². The summed E-state index contributed by atoms with van der Waals surface area (Å²) in [6.45, 7) is 9.57. The van der Waals surface area contributed by atoms with Gasteiger partial charge in [0.2, 0.25) is 0 Å². The minimum Gasteiger partial charge on any atom is -0.301 e. The van der Waals surface area contributed by atoms with Gasteiger partial charge in [-0.25, -0.2) is 0 Å². The molecule has 1 aliphatic carbocycles. The molecular formula is C20H29N. The number of likely N-dealkylation sites (tertiary alicyclic amines) is 1. The van der Waals surface area contributed by atoms with Crippen LogP contribution in [0.2, 0.25) is 0 Å². The van der Waals surface area contributed by atoms with E-state index in [9.17, 15) is 0 Å². The van der Waals surface area contributed by atoms with Crippen molar-refractivity contribution in [1.82, 2.24) is 4.90 Å². The number of fused-ring (bicyclic) bond motifs is 2. The number of allylic oxidation sites excluding steroid dienone is 1. The molecule has 1 aromatic carbocycles. The zero-order valence-electron chi connectivity index (χ0n) is 13.8. The van der Waals surface area contributed by atoms with Crippen molar-refractivity contribution in [3.63, 3.8) is 0 Å². The molecule has 2 aliphatic rings. The molecule has 0 aromatic heterocycles. The largest absolute Gasteiger partial charge is 0.301 e. The van der Waals surface area contributed by atoms with Crippen LogP contribution in [0, 0.1) is 5.92 Å². The van der Waals surface area contributed by atoms with Crippen LogP contribution >= 0.6 is 0 Å². The molecule has 1 atom stereocenters. The van der Waals surface area contributed by atoms with Gasteiger partial charge < -0.3 is 4.90 Å². The molecule has 1 fully saturated rings. The molecule has 1 unspecified atom stereocenters. The lowest BCUT2D eigenvalue weighted by molar-refractivity contribution is 0.131. The highest BCUT2D eigenvalue weighted by molar-refractivity contribution is 5.65. The zero-order chi connectivity index (χ0) is 14.9. The molecule has 3 rings (SSSR count). The average molecular weight is 283 g/mol. The normalized spacial score (nSPS) is 21.9. The van der Waals surface area contributed by atoms with Crippen LogP contribution in [-0.4, -0.2) is 24.0 Å². The van der Waals surface area contributed by atoms with E-state index in [1.54, 1.807) is 5.56 Å². The van der Waals surface area contributed by atoms with Gasteiger partial charge >= 0.3 is 0 Å². The third-order valence-electron chi connectivity index (χ3n) is 5.55. The summed E-state index contributed by atoms with van der Waals surface area (Å²) in [5, 5.41) is 0. The van der Waals surface area contributed by atoms with Gasteiger partial charge in [0.15, 0.2) is 0 Å². The summed E-state index contributed by atoms with van der Waals surface area (Å²) in [5.74, 6) is 0.827. The van der Waals surface area contributed by atoms with E-state index in [0.717, 1.165) is 12.0 Å². The first-order valence-electron chi connectivity index (χ1n) is 8.63. The zero-order valence-corrected chi connectivity index (χ0v) is 13.8. The summed E-state index contributed by atoms with van der Waals surface area (Å²) in [6.07, 6.45) is 10.1. The second-order valence-electron chi connectivity index (χ2n) is 7.43. The Morgan fingerprint density at radius 3 is 2.48 bits per heavy atom. The number of benzene rings is 1. The highest BCUT2D eigenvalue weighted by Crippen LogP contribution is 2.43. The van der Waals surface area contributed by atoms with Gasteiger partial charge in [0.25, 0.3) is 0 Å². The van der Waals surface area contributed by atoms with Crippen LogP contribution in [0.3, 0.4) is 0 Å². The number of hydrogen-bond donors (Lipinski definition) is 0. The maximum atomic E-state index is 2.71. The molecule has 1 heteroatoms. The highest BCUT2D eigenvalue weighted by atomic mass is 15.2. The molecule has 0 bridgehead atoms. The van der Waals surface area contributed by atoms with Crippen LogP contribution in [0.15, 0.2) is 30.3 Å². The van der Waals surface area contributed by atoms with Crippen molar-refractivity contribution in [1.29, 1.82) is 0 Å². The highest BCUT2D eigenvalue weighted by Gasteiger charge is 2.38. The molecule has 114 valence electrons. The maximum Gasteiger partial charge on any atom is 0.0165 e. The molecule has 1 spiro atoms. The van der Waals surface area contributed by atoms with Gasteiger partial charge in [-0.3, -0.25) is 0 Å². The maximum absolute atomic E-state index is 2.71. The van der Waals surface area contributed by atoms with Crippen LogP contribution in [0.4, 0.5) is 0 Å². The molecule has 1 heterocycles. The number of nitrogens with zero attached hydrogens (tertiary/aromatic N) is 1. The Labute approximate surface area is 130 Å². The van der Waals surface area contributed by atoms with Crippen molar-refractivity contribution in [3.8, 4) is 0 Å². The number of piperidine rings is 1. The van der Waals surface area contributed by atoms with Crippen LogP contribution in [0.1, 0.15) is 57.6 Å². The van der Waals surface area contributed by atoms with E-state index in [2.05, 4.69) is 62.1 Å². The van der Waals surface area contributed by atoms with Crippen molar-refractivity contribution in [3.05, 3.63) is 41.5 Å². The number of rotatable bonds is 4. The van der Waals surface area contributed by atoms with Gasteiger partial charge in [0.05, 0.1) is 0 Å². The monoisotopic (exact) mass is 283 g/mol. The Morgan fingerprint density at radius 1 is 1.05 bits per heavy atom. The fourth-order valence-electron chi connectivity index (χ4n) is 3.99. The molecule has 21 heavy (non-hydrogen) atoms. The summed E-state index contributed by atoms with van der Waals surface area (Å²) < 4.78 is 0. The van der Waals surface area contributed by atoms with Crippen molar-refractivity contribution in [2.45, 2.75) is 57.9 Å². The molecule has 0 N–H and O–H groups in total. The Hall–Kier alpha value is -1.08. The average Bonchev–Trinajstić information content (AvgIpc) is 2.85. The lowest BCUT2D eigenvalue weighted by atomic mass is 9.74. The fourth-order valence-corrected chi connectivity index (χ4v) is 3.99. The summed E-state index contributed by atoms with van der Waals surface area (Å²) in [7, 11) is 0. The molecule has 0 saturated carbocycles. The Kier molecular flexibility index (Phi) is 4.21. The number of hydrogen-bond acceptors (Lipinski definition) is 1. The first kappa shape index (κ1) is 14.8. The third kappa shape index (κ3) is 2.94. The van der Waals surface area contributed by atoms with Crippen LogP contribution in [-0.2, 0) is 5.41 Å². The molecule has 0 amide bonds. The molecule has 1 aromatic rings. The summed E-state index contributed by atoms with van der Waals surface area (Å²) in [6, 6.07) is 9.70. The first-order valence-corrected chi connectivity index (χ1v) is 8.63. The van der Waals surface area contributed by atoms with E-state index in [0.29, 0.717) is 5.41 Å². The summed E-state index contributed by atoms with van der Waals surface area (Å²) >= 11 is 0. The van der Waals surface area contributed by atoms with Crippen LogP contribution in [0.25, 0.3) is 6.08 Å². The van der Waals surface area contributed by atoms with Gasteiger partial charge in [-0.2, -0.15) is 0 Å². The predicted octanol–water partition coefficient (Wildman–Crippen LogP) is 4.87. The van der Waals surface area contributed by atoms with E-state index >= 15 is 0 Å². The van der Waals surface area contributed by atoms with Gasteiger partial charge in [0.1, 0.15) is 0 Å². The fraction of sp³-hybridized carbons (Fsp3) is 0.600. The molecule has 1 nitrogen and oxygen atoms in total. The molecule has 1 aliphatic heterocycles. The van der Waals surface area contributed by atoms with Crippen molar-refractivity contribution >= 4 is 6.08 Å². The summed E-state index contributed by atoms with van der Waals surface area (Å²) in [4.78, 5) is 2.71. The minimum atomic E-state index is 0.338. The second kappa shape index (κ2) is 5.96. The van der Waals surface area contributed by atoms with E-state index in [4.69, 9.17) is 0 Å². The van der Waals surface area contributed by atoms with E-state index in [-0.39, 0.29) is 0 Å². The van der Waals surface area contributed by atoms with Crippen LogP contribution < -0.4 is 0 Å². The summed E-state index contributed by atoms with van der Waals surface area (Å²) in [5.41, 5.74) is 3.35. The van der Waals surface area contributed by atoms with E-state index < -0.39 is 0 Å². The van der Waals surface area contributed by atoms with Crippen molar-refractivity contribution in [2.75, 3.05) is 13.1 Å². The Morgan fingerprint density at radius 2 is 1.76 bits per heavy atom. The van der Waals surface area contributed by atoms with Gasteiger partial charge in [-0.1, -0.05) is 50.3 Å². The van der Waals surface area contributed by atoms with Crippen LogP contribution in [0.5, 0.6) is 0 Å². The third-order valence-corrected chi connectivity index (χ3v) is 5.55. The molecule has 1 saturated heterocycles. The lowest BCUT2D eigenvalue weighted by Gasteiger charge is -2.42. The minimum absolute atomic E-state index is 0.338. The van der Waals surface area contributed by atoms with Crippen molar-refractivity contribution < 1.29 is 0 Å². The Bertz CT molecular complexity index is 506. The second-order valence-corrected chi connectivity index (χ2v) is 7.43. The van der Waals surface area contributed by atoms with Gasteiger partial charge in [-0.05, 0) is 62.7 Å². The first-order chi connectivity index (χ1) is 10.1. The quantitative estimate of drug-likeness (QED) is 0.762. The van der Waals surface area contributed by atoms with Crippen molar-refractivity contribution in [2.24, 2.45) is 5.92 Å². The topological polar surface area (TPSA) is 3.24 Å². The van der Waals surface area contributed by atoms with Gasteiger partial charge in [0, 0.05) is 11.5 Å². The molecular weight excluding hydrogens is 254 g/mol. The smallest absolute Gasteiger partial charge is 0.0165 e. The predicted molar refractivity (Wildman–Crippen MR) is 91.5 cm³/mol. The Balaban J connectivity index is 1.62. The van der Waals surface area contributed by atoms with E-state index in [1.807, 2.05) is 0 Å². The SMILES string of the molecule is CC(C)CCC(C)N1CCC2(C=Cc3ccccc32)CC1. The van der Waals surface area contributed by atoms with Gasteiger partial charge in [-0.15, -0.1) is 0 Å². The standard InChI is InChI=1S/C20H29N/c1-16(2)8-9-17(3)21-14-12-20(13-15-21)11-10-18-6-4-5-7-19(18)20/h4-7,10-11,16-17H,8-9,12-15H2,1-3H3. The lowest BCUT2D eigenvalue weighted by Crippen LogP contribution is -2.45. The molecule has 0 radical (unpaired) electrons.